The fraction of sp³-hybridized carbons (Fsp3) is 0.611. The Hall–Kier alpha value is -2.11. The number of nitrogens with zero attached hydrogens (tertiary/aromatic N) is 5. The molecule has 0 N–H and O–H groups in total. The number of rotatable bonds is 6. The third-order valence-electron chi connectivity index (χ3n) is 4.94. The number of imidazole rings is 1. The van der Waals surface area contributed by atoms with Crippen molar-refractivity contribution in [3.63, 3.8) is 0 Å². The second-order valence-corrected chi connectivity index (χ2v) is 6.60. The number of hydrogen-bond donors (Lipinski definition) is 0. The van der Waals surface area contributed by atoms with Gasteiger partial charge in [-0.25, -0.2) is 4.98 Å². The molecule has 1 amide bonds. The molecule has 1 saturated heterocycles. The van der Waals surface area contributed by atoms with Crippen molar-refractivity contribution in [3.05, 3.63) is 36.2 Å². The van der Waals surface area contributed by atoms with Crippen LogP contribution in [0.2, 0.25) is 0 Å². The van der Waals surface area contributed by atoms with Crippen molar-refractivity contribution in [2.45, 2.75) is 65.1 Å². The highest BCUT2D eigenvalue weighted by molar-refractivity contribution is 5.95. The number of aromatic nitrogens is 4. The zero-order valence-corrected chi connectivity index (χ0v) is 14.7. The molecule has 6 heteroatoms. The Balaban J connectivity index is 1.71. The molecular weight excluding hydrogens is 302 g/mol. The van der Waals surface area contributed by atoms with Crippen LogP contribution in [0.4, 0.5) is 0 Å². The molecule has 1 fully saturated rings. The molecule has 130 valence electrons. The van der Waals surface area contributed by atoms with Crippen LogP contribution in [0.15, 0.2) is 24.9 Å². The summed E-state index contributed by atoms with van der Waals surface area (Å²) >= 11 is 0. The van der Waals surface area contributed by atoms with Crippen LogP contribution in [0.5, 0.6) is 0 Å². The lowest BCUT2D eigenvalue weighted by Crippen LogP contribution is -2.44. The Morgan fingerprint density at radius 1 is 1.33 bits per heavy atom. The lowest BCUT2D eigenvalue weighted by Gasteiger charge is -2.36. The molecule has 0 aromatic carbocycles. The van der Waals surface area contributed by atoms with Crippen LogP contribution in [0.1, 0.15) is 55.1 Å². The van der Waals surface area contributed by atoms with E-state index in [1.165, 1.54) is 6.42 Å². The van der Waals surface area contributed by atoms with Crippen molar-refractivity contribution in [1.29, 1.82) is 0 Å². The summed E-state index contributed by atoms with van der Waals surface area (Å²) in [6.07, 6.45) is 12.7. The van der Waals surface area contributed by atoms with Gasteiger partial charge in [0.15, 0.2) is 0 Å². The molecule has 1 aliphatic rings. The summed E-state index contributed by atoms with van der Waals surface area (Å²) in [7, 11) is 0. The highest BCUT2D eigenvalue weighted by Gasteiger charge is 2.29. The lowest BCUT2D eigenvalue weighted by atomic mass is 9.98. The second kappa shape index (κ2) is 7.64. The standard InChI is InChI=1S/C18H27N5O/c1-3-9-23-15(2)17(13-20-23)18(24)22-10-5-4-6-16(22)7-11-21-12-8-19-14-21/h8,12-14,16H,3-7,9-11H2,1-2H3/t16-/m1/s1. The summed E-state index contributed by atoms with van der Waals surface area (Å²) in [4.78, 5) is 19.2. The predicted octanol–water partition coefficient (Wildman–Crippen LogP) is 2.88. The Morgan fingerprint density at radius 3 is 2.96 bits per heavy atom. The van der Waals surface area contributed by atoms with Crippen LogP contribution in [0.25, 0.3) is 0 Å². The fourth-order valence-corrected chi connectivity index (χ4v) is 3.53. The second-order valence-electron chi connectivity index (χ2n) is 6.60. The highest BCUT2D eigenvalue weighted by atomic mass is 16.2. The van der Waals surface area contributed by atoms with E-state index in [0.29, 0.717) is 6.04 Å². The smallest absolute Gasteiger partial charge is 0.257 e. The molecule has 0 unspecified atom stereocenters. The molecular formula is C18H27N5O. The first-order valence-corrected chi connectivity index (χ1v) is 8.99. The fourth-order valence-electron chi connectivity index (χ4n) is 3.53. The monoisotopic (exact) mass is 329 g/mol. The molecule has 2 aromatic heterocycles. The number of aryl methyl sites for hydroxylation is 2. The van der Waals surface area contributed by atoms with E-state index in [4.69, 9.17) is 0 Å². The first-order valence-electron chi connectivity index (χ1n) is 8.99. The molecule has 1 aliphatic heterocycles. The van der Waals surface area contributed by atoms with Crippen molar-refractivity contribution >= 4 is 5.91 Å². The summed E-state index contributed by atoms with van der Waals surface area (Å²) in [5, 5.41) is 4.39. The number of amides is 1. The van der Waals surface area contributed by atoms with Gasteiger partial charge >= 0.3 is 0 Å². The number of piperidine rings is 1. The molecule has 2 aromatic rings. The van der Waals surface area contributed by atoms with Crippen LogP contribution < -0.4 is 0 Å². The molecule has 0 bridgehead atoms. The highest BCUT2D eigenvalue weighted by Crippen LogP contribution is 2.23. The Bertz CT molecular complexity index is 661. The molecule has 24 heavy (non-hydrogen) atoms. The zero-order valence-electron chi connectivity index (χ0n) is 14.7. The summed E-state index contributed by atoms with van der Waals surface area (Å²) < 4.78 is 4.03. The number of carbonyl (C=O) groups is 1. The van der Waals surface area contributed by atoms with Gasteiger partial charge in [-0.05, 0) is 39.0 Å². The molecule has 0 spiro atoms. The van der Waals surface area contributed by atoms with Crippen LogP contribution >= 0.6 is 0 Å². The van der Waals surface area contributed by atoms with Gasteiger partial charge in [-0.1, -0.05) is 6.92 Å². The third kappa shape index (κ3) is 3.52. The first-order chi connectivity index (χ1) is 11.7. The van der Waals surface area contributed by atoms with Crippen molar-refractivity contribution in [3.8, 4) is 0 Å². The van der Waals surface area contributed by atoms with Crippen LogP contribution in [0.3, 0.4) is 0 Å². The van der Waals surface area contributed by atoms with Gasteiger partial charge in [-0.2, -0.15) is 5.10 Å². The van der Waals surface area contributed by atoms with Gasteiger partial charge in [-0.15, -0.1) is 0 Å². The quantitative estimate of drug-likeness (QED) is 0.819. The number of carbonyl (C=O) groups excluding carboxylic acids is 1. The minimum atomic E-state index is 0.144. The first kappa shape index (κ1) is 16.7. The molecule has 3 heterocycles. The largest absolute Gasteiger partial charge is 0.337 e. The molecule has 0 saturated carbocycles. The van der Waals surface area contributed by atoms with Gasteiger partial charge < -0.3 is 9.47 Å². The average Bonchev–Trinajstić information content (AvgIpc) is 3.24. The minimum Gasteiger partial charge on any atom is -0.337 e. The van der Waals surface area contributed by atoms with E-state index in [0.717, 1.165) is 56.6 Å². The average molecular weight is 329 g/mol. The van der Waals surface area contributed by atoms with Crippen LogP contribution in [-0.2, 0) is 13.1 Å². The van der Waals surface area contributed by atoms with Crippen molar-refractivity contribution < 1.29 is 4.79 Å². The maximum Gasteiger partial charge on any atom is 0.257 e. The van der Waals surface area contributed by atoms with Gasteiger partial charge in [0.25, 0.3) is 5.91 Å². The van der Waals surface area contributed by atoms with E-state index in [-0.39, 0.29) is 5.91 Å². The maximum atomic E-state index is 13.1. The molecule has 6 nitrogen and oxygen atoms in total. The van der Waals surface area contributed by atoms with Gasteiger partial charge in [0.1, 0.15) is 0 Å². The number of likely N-dealkylation sites (tertiary alicyclic amines) is 1. The van der Waals surface area contributed by atoms with Gasteiger partial charge in [0, 0.05) is 43.8 Å². The summed E-state index contributed by atoms with van der Waals surface area (Å²) in [6.45, 7) is 6.75. The van der Waals surface area contributed by atoms with E-state index < -0.39 is 0 Å². The van der Waals surface area contributed by atoms with Crippen molar-refractivity contribution in [1.82, 2.24) is 24.2 Å². The molecule has 3 rings (SSSR count). The Morgan fingerprint density at radius 2 is 2.21 bits per heavy atom. The van der Waals surface area contributed by atoms with E-state index in [1.54, 1.807) is 12.4 Å². The summed E-state index contributed by atoms with van der Waals surface area (Å²) in [5.74, 6) is 0.144. The molecule has 0 aliphatic carbocycles. The summed E-state index contributed by atoms with van der Waals surface area (Å²) in [5.41, 5.74) is 1.75. The van der Waals surface area contributed by atoms with E-state index in [9.17, 15) is 4.79 Å². The number of hydrogen-bond acceptors (Lipinski definition) is 3. The lowest BCUT2D eigenvalue weighted by molar-refractivity contribution is 0.0594. The molecule has 1 atom stereocenters. The van der Waals surface area contributed by atoms with Crippen molar-refractivity contribution in [2.24, 2.45) is 0 Å². The maximum absolute atomic E-state index is 13.1. The Kier molecular flexibility index (Phi) is 5.33. The van der Waals surface area contributed by atoms with E-state index >= 15 is 0 Å². The van der Waals surface area contributed by atoms with Gasteiger partial charge in [0.2, 0.25) is 0 Å². The molecule has 0 radical (unpaired) electrons. The van der Waals surface area contributed by atoms with Gasteiger partial charge in [-0.3, -0.25) is 9.48 Å². The third-order valence-corrected chi connectivity index (χ3v) is 4.94. The van der Waals surface area contributed by atoms with E-state index in [2.05, 4.69) is 26.5 Å². The van der Waals surface area contributed by atoms with Crippen LogP contribution in [-0.4, -0.2) is 42.7 Å². The predicted molar refractivity (Wildman–Crippen MR) is 92.8 cm³/mol. The minimum absolute atomic E-state index is 0.144. The SMILES string of the molecule is CCCn1ncc(C(=O)N2CCCC[C@@H]2CCn2ccnc2)c1C. The van der Waals surface area contributed by atoms with Crippen LogP contribution in [0, 0.1) is 6.92 Å². The zero-order chi connectivity index (χ0) is 16.9. The van der Waals surface area contributed by atoms with E-state index in [1.807, 2.05) is 24.1 Å². The summed E-state index contributed by atoms with van der Waals surface area (Å²) in [6, 6.07) is 0.308. The van der Waals surface area contributed by atoms with Crippen molar-refractivity contribution in [2.75, 3.05) is 6.54 Å². The topological polar surface area (TPSA) is 56.0 Å². The Labute approximate surface area is 143 Å². The normalized spacial score (nSPS) is 18.1. The van der Waals surface area contributed by atoms with Gasteiger partial charge in [0.05, 0.1) is 18.1 Å².